The van der Waals surface area contributed by atoms with Crippen LogP contribution in [0, 0.1) is 6.92 Å². The van der Waals surface area contributed by atoms with E-state index in [9.17, 15) is 4.79 Å². The van der Waals surface area contributed by atoms with Crippen LogP contribution in [0.3, 0.4) is 0 Å². The highest BCUT2D eigenvalue weighted by molar-refractivity contribution is 7.22. The number of morpholine rings is 1. The minimum Gasteiger partial charge on any atom is -0.497 e. The van der Waals surface area contributed by atoms with E-state index in [-0.39, 0.29) is 5.91 Å². The number of benzene rings is 2. The third kappa shape index (κ3) is 4.64. The number of quaternary nitrogens is 1. The highest BCUT2D eigenvalue weighted by atomic mass is 32.1. The first-order chi connectivity index (χ1) is 14.7. The van der Waals surface area contributed by atoms with Gasteiger partial charge in [0.15, 0.2) is 5.13 Å². The Morgan fingerprint density at radius 3 is 2.80 bits per heavy atom. The summed E-state index contributed by atoms with van der Waals surface area (Å²) in [6.07, 6.45) is 0.917. The molecular formula is C23H28N3O3S+. The van der Waals surface area contributed by atoms with E-state index in [1.54, 1.807) is 24.5 Å². The fourth-order valence-electron chi connectivity index (χ4n) is 3.78. The predicted octanol–water partition coefficient (Wildman–Crippen LogP) is 2.57. The fraction of sp³-hybridized carbons (Fsp3) is 0.391. The lowest BCUT2D eigenvalue weighted by atomic mass is 10.2. The molecule has 1 amide bonds. The van der Waals surface area contributed by atoms with Gasteiger partial charge in [-0.05, 0) is 36.8 Å². The smallest absolute Gasteiger partial charge is 0.260 e. The van der Waals surface area contributed by atoms with Gasteiger partial charge in [-0.15, -0.1) is 0 Å². The van der Waals surface area contributed by atoms with Crippen LogP contribution in [0.1, 0.15) is 22.3 Å². The van der Waals surface area contributed by atoms with E-state index in [1.165, 1.54) is 4.90 Å². The number of amides is 1. The number of para-hydroxylation sites is 1. The Morgan fingerprint density at radius 2 is 2.03 bits per heavy atom. The molecule has 1 fully saturated rings. The summed E-state index contributed by atoms with van der Waals surface area (Å²) in [5, 5.41) is 0.754. The number of ether oxygens (including phenoxy) is 2. The molecule has 7 heteroatoms. The SMILES string of the molecule is COc1cccc(C(=O)N(CCC[NH+]2CCOCC2)c2nc3c(C)cccc3s2)c1. The minimum atomic E-state index is -0.0393. The number of nitrogens with one attached hydrogen (secondary N) is 1. The lowest BCUT2D eigenvalue weighted by molar-refractivity contribution is -0.908. The molecule has 6 nitrogen and oxygen atoms in total. The molecule has 1 aromatic heterocycles. The Balaban J connectivity index is 1.59. The molecule has 0 spiro atoms. The third-order valence-corrected chi connectivity index (χ3v) is 6.56. The number of anilines is 1. The van der Waals surface area contributed by atoms with Crippen molar-refractivity contribution in [1.82, 2.24) is 4.98 Å². The number of aryl methyl sites for hydroxylation is 1. The highest BCUT2D eigenvalue weighted by Crippen LogP contribution is 2.31. The molecule has 0 saturated carbocycles. The van der Waals surface area contributed by atoms with Crippen molar-refractivity contribution in [2.45, 2.75) is 13.3 Å². The van der Waals surface area contributed by atoms with Gasteiger partial charge in [-0.2, -0.15) is 0 Å². The molecule has 0 atom stereocenters. The van der Waals surface area contributed by atoms with E-state index in [0.29, 0.717) is 17.9 Å². The lowest BCUT2D eigenvalue weighted by Gasteiger charge is -2.25. The molecule has 2 heterocycles. The van der Waals surface area contributed by atoms with Gasteiger partial charge in [0.2, 0.25) is 0 Å². The molecule has 1 aliphatic heterocycles. The molecule has 0 bridgehead atoms. The average molecular weight is 427 g/mol. The Kier molecular flexibility index (Phi) is 6.62. The average Bonchev–Trinajstić information content (AvgIpc) is 3.22. The molecule has 3 aromatic rings. The number of methoxy groups -OCH3 is 1. The molecular weight excluding hydrogens is 398 g/mol. The zero-order valence-electron chi connectivity index (χ0n) is 17.5. The van der Waals surface area contributed by atoms with E-state index >= 15 is 0 Å². The standard InChI is InChI=1S/C23H27N3O3S/c1-17-6-3-9-20-21(17)24-23(30-20)26(11-5-10-25-12-14-29-15-13-25)22(27)18-7-4-8-19(16-18)28-2/h3-4,6-9,16H,5,10-15H2,1-2H3/p+1. The van der Waals surface area contributed by atoms with Crippen molar-refractivity contribution in [3.8, 4) is 5.75 Å². The van der Waals surface area contributed by atoms with Crippen molar-refractivity contribution in [2.24, 2.45) is 0 Å². The van der Waals surface area contributed by atoms with Gasteiger partial charge in [0, 0.05) is 18.5 Å². The number of hydrogen-bond acceptors (Lipinski definition) is 5. The van der Waals surface area contributed by atoms with Crippen LogP contribution in [0.5, 0.6) is 5.75 Å². The topological polar surface area (TPSA) is 56.1 Å². The number of aromatic nitrogens is 1. The molecule has 1 aliphatic rings. The Labute approximate surface area is 181 Å². The second-order valence-electron chi connectivity index (χ2n) is 7.57. The third-order valence-electron chi connectivity index (χ3n) is 5.51. The summed E-state index contributed by atoms with van der Waals surface area (Å²) in [6, 6.07) is 13.5. The van der Waals surface area contributed by atoms with Gasteiger partial charge in [-0.1, -0.05) is 29.5 Å². The van der Waals surface area contributed by atoms with Crippen LogP contribution in [0.2, 0.25) is 0 Å². The van der Waals surface area contributed by atoms with Crippen LogP contribution < -0.4 is 14.5 Å². The Morgan fingerprint density at radius 1 is 1.23 bits per heavy atom. The highest BCUT2D eigenvalue weighted by Gasteiger charge is 2.23. The second-order valence-corrected chi connectivity index (χ2v) is 8.58. The second kappa shape index (κ2) is 9.55. The number of nitrogens with zero attached hydrogens (tertiary/aromatic N) is 2. The summed E-state index contributed by atoms with van der Waals surface area (Å²) in [7, 11) is 1.61. The molecule has 2 aromatic carbocycles. The maximum Gasteiger partial charge on any atom is 0.260 e. The number of carbonyl (C=O) groups is 1. The van der Waals surface area contributed by atoms with Crippen LogP contribution in [-0.2, 0) is 4.74 Å². The van der Waals surface area contributed by atoms with Crippen molar-refractivity contribution < 1.29 is 19.2 Å². The summed E-state index contributed by atoms with van der Waals surface area (Å²) in [5.74, 6) is 0.640. The maximum atomic E-state index is 13.5. The van der Waals surface area contributed by atoms with Crippen molar-refractivity contribution >= 4 is 32.6 Å². The van der Waals surface area contributed by atoms with Crippen molar-refractivity contribution in [3.63, 3.8) is 0 Å². The van der Waals surface area contributed by atoms with Crippen LogP contribution in [0.4, 0.5) is 5.13 Å². The fourth-order valence-corrected chi connectivity index (χ4v) is 4.85. The number of hydrogen-bond donors (Lipinski definition) is 1. The monoisotopic (exact) mass is 426 g/mol. The van der Waals surface area contributed by atoms with Crippen molar-refractivity contribution in [3.05, 3.63) is 53.6 Å². The molecule has 0 unspecified atom stereocenters. The zero-order chi connectivity index (χ0) is 20.9. The first-order valence-electron chi connectivity index (χ1n) is 10.4. The first-order valence-corrected chi connectivity index (χ1v) is 11.2. The molecule has 4 rings (SSSR count). The molecule has 0 aliphatic carbocycles. The van der Waals surface area contributed by atoms with Crippen LogP contribution in [-0.4, -0.2) is 57.4 Å². The predicted molar refractivity (Wildman–Crippen MR) is 120 cm³/mol. The number of carbonyl (C=O) groups excluding carboxylic acids is 1. The summed E-state index contributed by atoms with van der Waals surface area (Å²) in [4.78, 5) is 21.7. The van der Waals surface area contributed by atoms with E-state index < -0.39 is 0 Å². The number of rotatable bonds is 7. The van der Waals surface area contributed by atoms with Crippen LogP contribution in [0.15, 0.2) is 42.5 Å². The number of thiazole rings is 1. The quantitative estimate of drug-likeness (QED) is 0.631. The Hall–Kier alpha value is -2.48. The van der Waals surface area contributed by atoms with Gasteiger partial charge in [0.1, 0.15) is 18.8 Å². The summed E-state index contributed by atoms with van der Waals surface area (Å²) in [6.45, 7) is 7.42. The normalized spacial score (nSPS) is 14.7. The van der Waals surface area contributed by atoms with E-state index in [2.05, 4.69) is 19.1 Å². The zero-order valence-corrected chi connectivity index (χ0v) is 18.3. The summed E-state index contributed by atoms with van der Waals surface area (Å²) >= 11 is 1.57. The molecule has 1 N–H and O–H groups in total. The van der Waals surface area contributed by atoms with Gasteiger partial charge in [-0.3, -0.25) is 9.69 Å². The molecule has 158 valence electrons. The molecule has 0 radical (unpaired) electrons. The summed E-state index contributed by atoms with van der Waals surface area (Å²) < 4.78 is 11.9. The van der Waals surface area contributed by atoms with E-state index in [0.717, 1.165) is 60.2 Å². The van der Waals surface area contributed by atoms with Crippen molar-refractivity contribution in [1.29, 1.82) is 0 Å². The lowest BCUT2D eigenvalue weighted by Crippen LogP contribution is -3.14. The molecule has 30 heavy (non-hydrogen) atoms. The van der Waals surface area contributed by atoms with Crippen LogP contribution >= 0.6 is 11.3 Å². The first kappa shape index (κ1) is 20.8. The Bertz CT molecular complexity index is 1010. The van der Waals surface area contributed by atoms with E-state index in [4.69, 9.17) is 14.5 Å². The molecule has 1 saturated heterocycles. The van der Waals surface area contributed by atoms with Crippen molar-refractivity contribution in [2.75, 3.05) is 51.4 Å². The minimum absolute atomic E-state index is 0.0393. The van der Waals surface area contributed by atoms with Gasteiger partial charge in [-0.25, -0.2) is 4.98 Å². The number of fused-ring (bicyclic) bond motifs is 1. The van der Waals surface area contributed by atoms with E-state index in [1.807, 2.05) is 29.2 Å². The van der Waals surface area contributed by atoms with Gasteiger partial charge in [0.05, 0.1) is 37.1 Å². The largest absolute Gasteiger partial charge is 0.497 e. The van der Waals surface area contributed by atoms with Crippen LogP contribution in [0.25, 0.3) is 10.2 Å². The van der Waals surface area contributed by atoms with Gasteiger partial charge in [0.25, 0.3) is 5.91 Å². The van der Waals surface area contributed by atoms with Gasteiger partial charge >= 0.3 is 0 Å². The maximum absolute atomic E-state index is 13.5. The van der Waals surface area contributed by atoms with Gasteiger partial charge < -0.3 is 14.4 Å². The summed E-state index contributed by atoms with van der Waals surface area (Å²) in [5.41, 5.74) is 2.71.